The molecule has 0 saturated carbocycles. The number of benzene rings is 3. The van der Waals surface area contributed by atoms with E-state index in [1.807, 2.05) is 73.7 Å². The summed E-state index contributed by atoms with van der Waals surface area (Å²) in [7, 11) is 0. The van der Waals surface area contributed by atoms with E-state index in [4.69, 9.17) is 5.11 Å². The first-order chi connectivity index (χ1) is 15.4. The quantitative estimate of drug-likeness (QED) is 0.479. The monoisotopic (exact) mass is 430 g/mol. The van der Waals surface area contributed by atoms with Crippen LogP contribution in [0.2, 0.25) is 0 Å². The Morgan fingerprint density at radius 1 is 0.875 bits per heavy atom. The summed E-state index contributed by atoms with van der Waals surface area (Å²) in [6, 6.07) is 23.6. The zero-order valence-electron chi connectivity index (χ0n) is 17.9. The predicted molar refractivity (Wildman–Crippen MR) is 123 cm³/mol. The molecular weight excluding hydrogens is 404 g/mol. The maximum absolute atomic E-state index is 12.7. The highest BCUT2D eigenvalue weighted by molar-refractivity contribution is 5.98. The number of carbonyl (C=O) groups is 3. The number of carbonyl (C=O) groups excluding carboxylic acids is 2. The zero-order chi connectivity index (χ0) is 22.9. The smallest absolute Gasteiger partial charge is 0.303 e. The number of nitrogens with one attached hydrogen (secondary N) is 2. The first-order valence-electron chi connectivity index (χ1n) is 10.4. The Bertz CT molecular complexity index is 1080. The summed E-state index contributed by atoms with van der Waals surface area (Å²) in [6.45, 7) is 2.26. The second-order valence-electron chi connectivity index (χ2n) is 7.61. The van der Waals surface area contributed by atoms with E-state index in [0.717, 1.165) is 22.3 Å². The summed E-state index contributed by atoms with van der Waals surface area (Å²) in [4.78, 5) is 36.5. The Balaban J connectivity index is 1.66. The Kier molecular flexibility index (Phi) is 7.75. The average Bonchev–Trinajstić information content (AvgIpc) is 2.80. The lowest BCUT2D eigenvalue weighted by Crippen LogP contribution is -2.46. The summed E-state index contributed by atoms with van der Waals surface area (Å²) in [5, 5.41) is 14.5. The van der Waals surface area contributed by atoms with E-state index in [1.54, 1.807) is 12.1 Å². The van der Waals surface area contributed by atoms with Gasteiger partial charge in [-0.15, -0.1) is 0 Å². The van der Waals surface area contributed by atoms with Gasteiger partial charge in [0.15, 0.2) is 0 Å². The first kappa shape index (κ1) is 22.7. The summed E-state index contributed by atoms with van der Waals surface area (Å²) in [6.07, 6.45) is -0.224. The van der Waals surface area contributed by atoms with Crippen molar-refractivity contribution in [3.8, 4) is 11.1 Å². The van der Waals surface area contributed by atoms with Gasteiger partial charge in [0.05, 0.1) is 0 Å². The van der Waals surface area contributed by atoms with Crippen molar-refractivity contribution in [3.63, 3.8) is 0 Å². The highest BCUT2D eigenvalue weighted by Gasteiger charge is 2.22. The topological polar surface area (TPSA) is 95.5 Å². The Labute approximate surface area is 187 Å². The lowest BCUT2D eigenvalue weighted by molar-refractivity contribution is -0.137. The van der Waals surface area contributed by atoms with Crippen LogP contribution >= 0.6 is 0 Å². The van der Waals surface area contributed by atoms with Crippen LogP contribution in [-0.2, 0) is 16.1 Å². The number of hydrogen-bond acceptors (Lipinski definition) is 3. The molecule has 6 nitrogen and oxygen atoms in total. The van der Waals surface area contributed by atoms with Crippen LogP contribution in [0.5, 0.6) is 0 Å². The van der Waals surface area contributed by atoms with E-state index in [9.17, 15) is 14.4 Å². The van der Waals surface area contributed by atoms with Crippen molar-refractivity contribution in [1.82, 2.24) is 10.6 Å². The van der Waals surface area contributed by atoms with Crippen molar-refractivity contribution < 1.29 is 19.5 Å². The van der Waals surface area contributed by atoms with Gasteiger partial charge >= 0.3 is 5.97 Å². The minimum Gasteiger partial charge on any atom is -0.481 e. The summed E-state index contributed by atoms with van der Waals surface area (Å²) < 4.78 is 0. The fourth-order valence-corrected chi connectivity index (χ4v) is 3.36. The number of aliphatic carboxylic acids is 1. The van der Waals surface area contributed by atoms with Gasteiger partial charge < -0.3 is 15.7 Å². The highest BCUT2D eigenvalue weighted by Crippen LogP contribution is 2.19. The van der Waals surface area contributed by atoms with E-state index in [0.29, 0.717) is 12.1 Å². The molecule has 2 amide bonds. The normalized spacial score (nSPS) is 11.4. The van der Waals surface area contributed by atoms with Crippen LogP contribution < -0.4 is 10.6 Å². The van der Waals surface area contributed by atoms with Crippen molar-refractivity contribution in [3.05, 3.63) is 95.6 Å². The van der Waals surface area contributed by atoms with Gasteiger partial charge in [0.25, 0.3) is 5.91 Å². The van der Waals surface area contributed by atoms with Crippen LogP contribution in [0.4, 0.5) is 0 Å². The summed E-state index contributed by atoms with van der Waals surface area (Å²) in [5.74, 6) is -1.87. The maximum atomic E-state index is 12.7. The van der Waals surface area contributed by atoms with Crippen LogP contribution in [-0.4, -0.2) is 28.9 Å². The molecule has 3 N–H and O–H groups in total. The Hall–Kier alpha value is -3.93. The molecule has 0 aliphatic carbocycles. The molecule has 3 aromatic rings. The molecule has 0 bridgehead atoms. The number of amides is 2. The molecule has 32 heavy (non-hydrogen) atoms. The molecule has 0 saturated heterocycles. The molecule has 6 heteroatoms. The molecule has 0 radical (unpaired) electrons. The lowest BCUT2D eigenvalue weighted by Gasteiger charge is -2.18. The molecule has 3 rings (SSSR count). The minimum atomic E-state index is -1.03. The number of carboxylic acids is 1. The fraction of sp³-hybridized carbons (Fsp3) is 0.192. The zero-order valence-corrected chi connectivity index (χ0v) is 17.9. The van der Waals surface area contributed by atoms with Gasteiger partial charge in [-0.1, -0.05) is 72.3 Å². The van der Waals surface area contributed by atoms with Crippen LogP contribution in [0.15, 0.2) is 78.9 Å². The van der Waals surface area contributed by atoms with Gasteiger partial charge in [-0.05, 0) is 42.2 Å². The molecule has 1 atom stereocenters. The van der Waals surface area contributed by atoms with Crippen molar-refractivity contribution in [1.29, 1.82) is 0 Å². The number of carboxylic acid groups (broad SMARTS) is 1. The van der Waals surface area contributed by atoms with Crippen molar-refractivity contribution in [2.45, 2.75) is 32.4 Å². The predicted octanol–water partition coefficient (Wildman–Crippen LogP) is 3.94. The molecule has 164 valence electrons. The van der Waals surface area contributed by atoms with E-state index in [-0.39, 0.29) is 12.8 Å². The first-order valence-corrected chi connectivity index (χ1v) is 10.4. The van der Waals surface area contributed by atoms with E-state index >= 15 is 0 Å². The summed E-state index contributed by atoms with van der Waals surface area (Å²) in [5.41, 5.74) is 4.41. The van der Waals surface area contributed by atoms with Crippen molar-refractivity contribution in [2.75, 3.05) is 0 Å². The largest absolute Gasteiger partial charge is 0.481 e. The molecule has 0 aliphatic heterocycles. The molecule has 0 spiro atoms. The van der Waals surface area contributed by atoms with Crippen LogP contribution in [0, 0.1) is 6.92 Å². The average molecular weight is 431 g/mol. The number of rotatable bonds is 9. The Morgan fingerprint density at radius 2 is 1.56 bits per heavy atom. The third-order valence-corrected chi connectivity index (χ3v) is 5.07. The standard InChI is InChI=1S/C26H26N2O4/c1-18-6-5-7-19(16-18)17-27-26(32)23(14-15-24(29)30)28-25(31)22-12-10-21(11-13-22)20-8-3-2-4-9-20/h2-13,16,23H,14-15,17H2,1H3,(H,27,32)(H,28,31)(H,29,30)/t23-/m0/s1. The molecule has 3 aromatic carbocycles. The molecular formula is C26H26N2O4. The van der Waals surface area contributed by atoms with Crippen LogP contribution in [0.3, 0.4) is 0 Å². The SMILES string of the molecule is Cc1cccc(CNC(=O)[C@H](CCC(=O)O)NC(=O)c2ccc(-c3ccccc3)cc2)c1. The van der Waals surface area contributed by atoms with Crippen LogP contribution in [0.25, 0.3) is 11.1 Å². The molecule has 0 aliphatic rings. The van der Waals surface area contributed by atoms with E-state index in [2.05, 4.69) is 10.6 Å². The number of aryl methyl sites for hydroxylation is 1. The molecule has 0 aromatic heterocycles. The third kappa shape index (κ3) is 6.54. The second-order valence-corrected chi connectivity index (χ2v) is 7.61. The van der Waals surface area contributed by atoms with E-state index < -0.39 is 23.8 Å². The molecule has 0 fully saturated rings. The van der Waals surface area contributed by atoms with Gasteiger partial charge in [-0.3, -0.25) is 14.4 Å². The second kappa shape index (κ2) is 10.9. The minimum absolute atomic E-state index is 0.00280. The van der Waals surface area contributed by atoms with Crippen molar-refractivity contribution in [2.24, 2.45) is 0 Å². The van der Waals surface area contributed by atoms with Crippen LogP contribution in [0.1, 0.15) is 34.3 Å². The van der Waals surface area contributed by atoms with Gasteiger partial charge in [0, 0.05) is 18.5 Å². The van der Waals surface area contributed by atoms with Gasteiger partial charge in [-0.25, -0.2) is 0 Å². The van der Waals surface area contributed by atoms with Gasteiger partial charge in [-0.2, -0.15) is 0 Å². The van der Waals surface area contributed by atoms with E-state index in [1.165, 1.54) is 0 Å². The highest BCUT2D eigenvalue weighted by atomic mass is 16.4. The maximum Gasteiger partial charge on any atom is 0.303 e. The fourth-order valence-electron chi connectivity index (χ4n) is 3.36. The Morgan fingerprint density at radius 3 is 2.22 bits per heavy atom. The third-order valence-electron chi connectivity index (χ3n) is 5.07. The summed E-state index contributed by atoms with van der Waals surface area (Å²) >= 11 is 0. The molecule has 0 heterocycles. The number of hydrogen-bond donors (Lipinski definition) is 3. The van der Waals surface area contributed by atoms with Gasteiger partial charge in [0.2, 0.25) is 5.91 Å². The van der Waals surface area contributed by atoms with Crippen molar-refractivity contribution >= 4 is 17.8 Å². The molecule has 0 unspecified atom stereocenters. The van der Waals surface area contributed by atoms with Gasteiger partial charge in [0.1, 0.15) is 6.04 Å². The lowest BCUT2D eigenvalue weighted by atomic mass is 10.0.